The first kappa shape index (κ1) is 16.0. The van der Waals surface area contributed by atoms with Gasteiger partial charge in [0.15, 0.2) is 0 Å². The van der Waals surface area contributed by atoms with E-state index < -0.39 is 0 Å². The van der Waals surface area contributed by atoms with Gasteiger partial charge in [-0.15, -0.1) is 0 Å². The van der Waals surface area contributed by atoms with Gasteiger partial charge in [-0.3, -0.25) is 0 Å². The summed E-state index contributed by atoms with van der Waals surface area (Å²) in [5, 5.41) is 0. The van der Waals surface area contributed by atoms with Gasteiger partial charge >= 0.3 is 0 Å². The zero-order chi connectivity index (χ0) is 13.5. The molecule has 0 aromatic rings. The fraction of sp³-hybridized carbons (Fsp3) is 1.00. The van der Waals surface area contributed by atoms with E-state index in [0.717, 1.165) is 30.3 Å². The Bertz CT molecular complexity index is 215. The van der Waals surface area contributed by atoms with Gasteiger partial charge in [0, 0.05) is 6.04 Å². The lowest BCUT2D eigenvalue weighted by Crippen LogP contribution is -2.45. The molecule has 3 unspecified atom stereocenters. The van der Waals surface area contributed by atoms with Crippen LogP contribution in [0.5, 0.6) is 0 Å². The van der Waals surface area contributed by atoms with E-state index in [4.69, 9.17) is 5.73 Å². The molecule has 0 radical (unpaired) electrons. The van der Waals surface area contributed by atoms with E-state index >= 15 is 0 Å². The summed E-state index contributed by atoms with van der Waals surface area (Å²) in [5.41, 5.74) is 5.98. The van der Waals surface area contributed by atoms with Gasteiger partial charge in [0.05, 0.1) is 0 Å². The zero-order valence-electron chi connectivity index (χ0n) is 13.0. The molecule has 1 aliphatic rings. The summed E-state index contributed by atoms with van der Waals surface area (Å²) in [5.74, 6) is 2.48. The molecular weight excluding hydrogens is 220 g/mol. The summed E-state index contributed by atoms with van der Waals surface area (Å²) in [6, 6.07) is 0.735. The van der Waals surface area contributed by atoms with Crippen LogP contribution in [0.2, 0.25) is 0 Å². The first-order valence-corrected chi connectivity index (χ1v) is 7.98. The Hall–Kier alpha value is -0.0800. The van der Waals surface area contributed by atoms with Crippen LogP contribution in [-0.4, -0.2) is 31.1 Å². The van der Waals surface area contributed by atoms with Crippen molar-refractivity contribution in [1.82, 2.24) is 4.90 Å². The van der Waals surface area contributed by atoms with Crippen LogP contribution < -0.4 is 5.73 Å². The Morgan fingerprint density at radius 2 is 2.00 bits per heavy atom. The summed E-state index contributed by atoms with van der Waals surface area (Å²) in [7, 11) is 2.31. The summed E-state index contributed by atoms with van der Waals surface area (Å²) in [4.78, 5) is 2.60. The lowest BCUT2D eigenvalue weighted by Gasteiger charge is -2.41. The number of hydrogen-bond donors (Lipinski definition) is 1. The Morgan fingerprint density at radius 3 is 2.56 bits per heavy atom. The maximum absolute atomic E-state index is 5.98. The smallest absolute Gasteiger partial charge is 0.0135 e. The minimum Gasteiger partial charge on any atom is -0.330 e. The fourth-order valence-electron chi connectivity index (χ4n) is 3.41. The van der Waals surface area contributed by atoms with Gasteiger partial charge in [-0.1, -0.05) is 40.0 Å². The Kier molecular flexibility index (Phi) is 7.25. The quantitative estimate of drug-likeness (QED) is 0.753. The van der Waals surface area contributed by atoms with Crippen molar-refractivity contribution in [3.63, 3.8) is 0 Å². The molecule has 0 amide bonds. The predicted octanol–water partition coefficient (Wildman–Crippen LogP) is 3.51. The molecule has 1 fully saturated rings. The lowest BCUT2D eigenvalue weighted by molar-refractivity contribution is 0.0963. The van der Waals surface area contributed by atoms with Crippen molar-refractivity contribution >= 4 is 0 Å². The normalized spacial score (nSPS) is 29.2. The second kappa shape index (κ2) is 8.16. The van der Waals surface area contributed by atoms with Gasteiger partial charge in [-0.25, -0.2) is 0 Å². The third-order valence-electron chi connectivity index (χ3n) is 4.69. The fourth-order valence-corrected chi connectivity index (χ4v) is 3.41. The average molecular weight is 254 g/mol. The number of nitrogens with two attached hydrogens (primary N) is 1. The maximum atomic E-state index is 5.98. The molecule has 0 aromatic carbocycles. The Morgan fingerprint density at radius 1 is 1.28 bits per heavy atom. The summed E-state index contributed by atoms with van der Waals surface area (Å²) in [6.07, 6.45) is 8.18. The SMILES string of the molecule is CCCC1CCC(CN)C(N(C)CCC(C)C)C1. The monoisotopic (exact) mass is 254 g/mol. The van der Waals surface area contributed by atoms with E-state index in [0.29, 0.717) is 0 Å². The summed E-state index contributed by atoms with van der Waals surface area (Å²) >= 11 is 0. The van der Waals surface area contributed by atoms with Gasteiger partial charge in [0.1, 0.15) is 0 Å². The molecule has 0 aromatic heterocycles. The molecule has 1 saturated carbocycles. The molecule has 0 aliphatic heterocycles. The topological polar surface area (TPSA) is 29.3 Å². The molecule has 0 heterocycles. The third kappa shape index (κ3) is 4.89. The Balaban J connectivity index is 2.50. The standard InChI is InChI=1S/C16H34N2/c1-5-6-14-7-8-15(12-17)16(11-14)18(4)10-9-13(2)3/h13-16H,5-12,17H2,1-4H3. The minimum atomic E-state index is 0.732. The molecule has 18 heavy (non-hydrogen) atoms. The van der Waals surface area contributed by atoms with Crippen molar-refractivity contribution in [1.29, 1.82) is 0 Å². The molecule has 1 rings (SSSR count). The van der Waals surface area contributed by atoms with Gasteiger partial charge in [0.25, 0.3) is 0 Å². The molecule has 2 heteroatoms. The van der Waals surface area contributed by atoms with Crippen LogP contribution in [0.4, 0.5) is 0 Å². The van der Waals surface area contributed by atoms with Crippen LogP contribution in [-0.2, 0) is 0 Å². The summed E-state index contributed by atoms with van der Waals surface area (Å²) in [6.45, 7) is 9.05. The van der Waals surface area contributed by atoms with E-state index in [1.54, 1.807) is 0 Å². The van der Waals surface area contributed by atoms with Crippen LogP contribution in [0.25, 0.3) is 0 Å². The minimum absolute atomic E-state index is 0.732. The van der Waals surface area contributed by atoms with Crippen LogP contribution in [0.15, 0.2) is 0 Å². The molecular formula is C16H34N2. The average Bonchev–Trinajstić information content (AvgIpc) is 2.36. The van der Waals surface area contributed by atoms with Crippen molar-refractivity contribution in [3.05, 3.63) is 0 Å². The number of nitrogens with zero attached hydrogens (tertiary/aromatic N) is 1. The van der Waals surface area contributed by atoms with Gasteiger partial charge in [-0.2, -0.15) is 0 Å². The molecule has 0 saturated heterocycles. The van der Waals surface area contributed by atoms with E-state index in [1.807, 2.05) is 0 Å². The number of hydrogen-bond acceptors (Lipinski definition) is 2. The van der Waals surface area contributed by atoms with Crippen LogP contribution in [0, 0.1) is 17.8 Å². The van der Waals surface area contributed by atoms with E-state index in [9.17, 15) is 0 Å². The van der Waals surface area contributed by atoms with Crippen molar-refractivity contribution < 1.29 is 0 Å². The highest BCUT2D eigenvalue weighted by Gasteiger charge is 2.31. The molecule has 2 N–H and O–H groups in total. The van der Waals surface area contributed by atoms with Crippen molar-refractivity contribution in [2.24, 2.45) is 23.5 Å². The highest BCUT2D eigenvalue weighted by Crippen LogP contribution is 2.34. The largest absolute Gasteiger partial charge is 0.330 e. The van der Waals surface area contributed by atoms with E-state index in [1.165, 1.54) is 45.1 Å². The second-order valence-corrected chi connectivity index (χ2v) is 6.69. The third-order valence-corrected chi connectivity index (χ3v) is 4.69. The van der Waals surface area contributed by atoms with E-state index in [2.05, 4.69) is 32.7 Å². The molecule has 0 bridgehead atoms. The molecule has 2 nitrogen and oxygen atoms in total. The second-order valence-electron chi connectivity index (χ2n) is 6.69. The maximum Gasteiger partial charge on any atom is 0.0135 e. The first-order valence-electron chi connectivity index (χ1n) is 7.98. The molecule has 108 valence electrons. The number of rotatable bonds is 7. The lowest BCUT2D eigenvalue weighted by atomic mass is 9.76. The van der Waals surface area contributed by atoms with Gasteiger partial charge in [0.2, 0.25) is 0 Å². The van der Waals surface area contributed by atoms with Crippen molar-refractivity contribution in [2.75, 3.05) is 20.1 Å². The predicted molar refractivity (Wildman–Crippen MR) is 80.7 cm³/mol. The molecule has 0 spiro atoms. The van der Waals surface area contributed by atoms with Crippen LogP contribution >= 0.6 is 0 Å². The van der Waals surface area contributed by atoms with Crippen LogP contribution in [0.1, 0.15) is 59.3 Å². The molecule has 1 aliphatic carbocycles. The molecule has 3 atom stereocenters. The highest BCUT2D eigenvalue weighted by molar-refractivity contribution is 4.86. The Labute approximate surface area is 114 Å². The zero-order valence-corrected chi connectivity index (χ0v) is 13.0. The summed E-state index contributed by atoms with van der Waals surface area (Å²) < 4.78 is 0. The van der Waals surface area contributed by atoms with Crippen molar-refractivity contribution in [3.8, 4) is 0 Å². The van der Waals surface area contributed by atoms with Gasteiger partial charge < -0.3 is 10.6 Å². The van der Waals surface area contributed by atoms with E-state index in [-0.39, 0.29) is 0 Å². The van der Waals surface area contributed by atoms with Crippen molar-refractivity contribution in [2.45, 2.75) is 65.3 Å². The first-order chi connectivity index (χ1) is 8.58. The van der Waals surface area contributed by atoms with Gasteiger partial charge in [-0.05, 0) is 57.2 Å². The highest BCUT2D eigenvalue weighted by atomic mass is 15.1. The van der Waals surface area contributed by atoms with Crippen LogP contribution in [0.3, 0.4) is 0 Å².